The van der Waals surface area contributed by atoms with E-state index in [0.29, 0.717) is 6.54 Å². The van der Waals surface area contributed by atoms with Gasteiger partial charge in [0, 0.05) is 11.0 Å². The van der Waals surface area contributed by atoms with Crippen LogP contribution in [0.25, 0.3) is 0 Å². The molecule has 1 rings (SSSR count). The van der Waals surface area contributed by atoms with E-state index in [1.165, 1.54) is 0 Å². The standard InChI is InChI=1S/C13H16BrNO3/c1-3-18-13(17)7-12(16)15-8-10-6-11(14)5-4-9(10)2/h4-6H,3,7-8H2,1-2H3,(H,15,16). The highest BCUT2D eigenvalue weighted by atomic mass is 79.9. The second-order valence-electron chi connectivity index (χ2n) is 3.83. The topological polar surface area (TPSA) is 55.4 Å². The van der Waals surface area contributed by atoms with Crippen LogP contribution in [-0.4, -0.2) is 18.5 Å². The van der Waals surface area contributed by atoms with Crippen LogP contribution >= 0.6 is 15.9 Å². The van der Waals surface area contributed by atoms with Gasteiger partial charge in [-0.15, -0.1) is 0 Å². The van der Waals surface area contributed by atoms with Crippen molar-refractivity contribution in [3.63, 3.8) is 0 Å². The van der Waals surface area contributed by atoms with Crippen LogP contribution in [0.1, 0.15) is 24.5 Å². The lowest BCUT2D eigenvalue weighted by Crippen LogP contribution is -2.26. The molecule has 0 saturated heterocycles. The fourth-order valence-electron chi connectivity index (χ4n) is 1.43. The van der Waals surface area contributed by atoms with Crippen molar-refractivity contribution < 1.29 is 14.3 Å². The van der Waals surface area contributed by atoms with Crippen molar-refractivity contribution in [2.75, 3.05) is 6.61 Å². The lowest BCUT2D eigenvalue weighted by atomic mass is 10.1. The number of carbonyl (C=O) groups is 2. The molecule has 0 saturated carbocycles. The Hall–Kier alpha value is -1.36. The summed E-state index contributed by atoms with van der Waals surface area (Å²) in [6.45, 7) is 4.38. The van der Waals surface area contributed by atoms with Gasteiger partial charge in [-0.05, 0) is 37.1 Å². The van der Waals surface area contributed by atoms with Gasteiger partial charge in [-0.25, -0.2) is 0 Å². The van der Waals surface area contributed by atoms with E-state index in [4.69, 9.17) is 4.74 Å². The Kier molecular flexibility index (Phi) is 5.85. The first kappa shape index (κ1) is 14.7. The van der Waals surface area contributed by atoms with Gasteiger partial charge in [0.2, 0.25) is 5.91 Å². The molecule has 0 bridgehead atoms. The van der Waals surface area contributed by atoms with Gasteiger partial charge in [0.05, 0.1) is 6.61 Å². The zero-order chi connectivity index (χ0) is 13.5. The van der Waals surface area contributed by atoms with Crippen molar-refractivity contribution in [3.05, 3.63) is 33.8 Å². The molecule has 0 atom stereocenters. The average Bonchev–Trinajstić information content (AvgIpc) is 2.30. The third kappa shape index (κ3) is 4.87. The van der Waals surface area contributed by atoms with Crippen molar-refractivity contribution in [2.24, 2.45) is 0 Å². The van der Waals surface area contributed by atoms with Crippen LogP contribution in [0, 0.1) is 6.92 Å². The molecular formula is C13H16BrNO3. The van der Waals surface area contributed by atoms with E-state index in [2.05, 4.69) is 21.2 Å². The normalized spacial score (nSPS) is 9.94. The van der Waals surface area contributed by atoms with Crippen LogP contribution in [0.4, 0.5) is 0 Å². The lowest BCUT2D eigenvalue weighted by Gasteiger charge is -2.08. The highest BCUT2D eigenvalue weighted by molar-refractivity contribution is 9.10. The Morgan fingerprint density at radius 3 is 2.78 bits per heavy atom. The van der Waals surface area contributed by atoms with Crippen LogP contribution in [0.5, 0.6) is 0 Å². The maximum absolute atomic E-state index is 11.5. The molecule has 1 N–H and O–H groups in total. The summed E-state index contributed by atoms with van der Waals surface area (Å²) in [6, 6.07) is 5.86. The summed E-state index contributed by atoms with van der Waals surface area (Å²) in [4.78, 5) is 22.6. The maximum atomic E-state index is 11.5. The number of esters is 1. The van der Waals surface area contributed by atoms with Gasteiger partial charge in [0.15, 0.2) is 0 Å². The molecule has 0 unspecified atom stereocenters. The number of amides is 1. The minimum absolute atomic E-state index is 0.235. The van der Waals surface area contributed by atoms with E-state index in [0.717, 1.165) is 15.6 Å². The molecule has 18 heavy (non-hydrogen) atoms. The van der Waals surface area contributed by atoms with Gasteiger partial charge in [0.25, 0.3) is 0 Å². The van der Waals surface area contributed by atoms with Crippen molar-refractivity contribution >= 4 is 27.8 Å². The van der Waals surface area contributed by atoms with Gasteiger partial charge in [-0.3, -0.25) is 9.59 Å². The first-order chi connectivity index (χ1) is 8.52. The molecule has 0 aliphatic rings. The van der Waals surface area contributed by atoms with E-state index >= 15 is 0 Å². The Balaban J connectivity index is 2.47. The predicted molar refractivity (Wildman–Crippen MR) is 72.0 cm³/mol. The molecule has 1 aromatic carbocycles. The quantitative estimate of drug-likeness (QED) is 0.670. The van der Waals surface area contributed by atoms with Crippen LogP contribution < -0.4 is 5.32 Å². The van der Waals surface area contributed by atoms with E-state index in [1.807, 2.05) is 25.1 Å². The Morgan fingerprint density at radius 1 is 1.39 bits per heavy atom. The predicted octanol–water partition coefficient (Wildman–Crippen LogP) is 2.33. The number of aryl methyl sites for hydroxylation is 1. The molecule has 0 fully saturated rings. The number of carbonyl (C=O) groups excluding carboxylic acids is 2. The third-order valence-corrected chi connectivity index (χ3v) is 2.89. The molecule has 0 spiro atoms. The van der Waals surface area contributed by atoms with E-state index < -0.39 is 5.97 Å². The fraction of sp³-hybridized carbons (Fsp3) is 0.385. The Morgan fingerprint density at radius 2 is 2.11 bits per heavy atom. The Bertz CT molecular complexity index is 446. The number of ether oxygens (including phenoxy) is 1. The Labute approximate surface area is 115 Å². The van der Waals surface area contributed by atoms with E-state index in [9.17, 15) is 9.59 Å². The van der Waals surface area contributed by atoms with Crippen molar-refractivity contribution in [3.8, 4) is 0 Å². The molecule has 0 radical (unpaired) electrons. The first-order valence-corrected chi connectivity index (χ1v) is 6.49. The lowest BCUT2D eigenvalue weighted by molar-refractivity contribution is -0.146. The summed E-state index contributed by atoms with van der Waals surface area (Å²) >= 11 is 3.38. The second kappa shape index (κ2) is 7.16. The van der Waals surface area contributed by atoms with Gasteiger partial charge in [0.1, 0.15) is 6.42 Å². The summed E-state index contributed by atoms with van der Waals surface area (Å²) in [7, 11) is 0. The summed E-state index contributed by atoms with van der Waals surface area (Å²) in [5.41, 5.74) is 2.11. The van der Waals surface area contributed by atoms with Crippen molar-refractivity contribution in [2.45, 2.75) is 26.8 Å². The first-order valence-electron chi connectivity index (χ1n) is 5.70. The number of halogens is 1. The monoisotopic (exact) mass is 313 g/mol. The molecule has 98 valence electrons. The third-order valence-electron chi connectivity index (χ3n) is 2.40. The fourth-order valence-corrected chi connectivity index (χ4v) is 1.84. The molecule has 1 amide bonds. The molecule has 0 heterocycles. The minimum Gasteiger partial charge on any atom is -0.466 e. The van der Waals surface area contributed by atoms with Crippen molar-refractivity contribution in [1.82, 2.24) is 5.32 Å². The molecule has 0 aliphatic carbocycles. The van der Waals surface area contributed by atoms with Crippen LogP contribution in [0.15, 0.2) is 22.7 Å². The van der Waals surface area contributed by atoms with Gasteiger partial charge in [-0.2, -0.15) is 0 Å². The molecule has 5 heteroatoms. The molecular weight excluding hydrogens is 298 g/mol. The average molecular weight is 314 g/mol. The molecule has 0 aliphatic heterocycles. The largest absolute Gasteiger partial charge is 0.466 e. The summed E-state index contributed by atoms with van der Waals surface area (Å²) in [5.74, 6) is -0.825. The summed E-state index contributed by atoms with van der Waals surface area (Å²) in [5, 5.41) is 2.70. The SMILES string of the molecule is CCOC(=O)CC(=O)NCc1cc(Br)ccc1C. The van der Waals surface area contributed by atoms with Crippen LogP contribution in [0.3, 0.4) is 0 Å². The summed E-state index contributed by atoms with van der Waals surface area (Å²) in [6.07, 6.45) is -0.235. The number of hydrogen-bond donors (Lipinski definition) is 1. The molecule has 4 nitrogen and oxygen atoms in total. The smallest absolute Gasteiger partial charge is 0.315 e. The zero-order valence-electron chi connectivity index (χ0n) is 10.5. The van der Waals surface area contributed by atoms with Crippen molar-refractivity contribution in [1.29, 1.82) is 0 Å². The summed E-state index contributed by atoms with van der Waals surface area (Å²) < 4.78 is 5.66. The van der Waals surface area contributed by atoms with Crippen LogP contribution in [0.2, 0.25) is 0 Å². The zero-order valence-corrected chi connectivity index (χ0v) is 12.0. The van der Waals surface area contributed by atoms with E-state index in [-0.39, 0.29) is 18.9 Å². The number of nitrogens with one attached hydrogen (secondary N) is 1. The maximum Gasteiger partial charge on any atom is 0.315 e. The molecule has 0 aromatic heterocycles. The number of hydrogen-bond acceptors (Lipinski definition) is 3. The minimum atomic E-state index is -0.499. The highest BCUT2D eigenvalue weighted by Crippen LogP contribution is 2.15. The second-order valence-corrected chi connectivity index (χ2v) is 4.75. The van der Waals surface area contributed by atoms with Gasteiger partial charge >= 0.3 is 5.97 Å². The van der Waals surface area contributed by atoms with Gasteiger partial charge in [-0.1, -0.05) is 22.0 Å². The molecule has 1 aromatic rings. The number of benzene rings is 1. The number of rotatable bonds is 5. The van der Waals surface area contributed by atoms with Crippen LogP contribution in [-0.2, 0) is 20.9 Å². The van der Waals surface area contributed by atoms with E-state index in [1.54, 1.807) is 6.92 Å². The van der Waals surface area contributed by atoms with Gasteiger partial charge < -0.3 is 10.1 Å². The highest BCUT2D eigenvalue weighted by Gasteiger charge is 2.10.